The van der Waals surface area contributed by atoms with Gasteiger partial charge in [0.25, 0.3) is 0 Å². The van der Waals surface area contributed by atoms with Crippen LogP contribution in [0, 0.1) is 4.91 Å². The summed E-state index contributed by atoms with van der Waals surface area (Å²) in [6.45, 7) is 4.59. The maximum atomic E-state index is 10.5. The lowest BCUT2D eigenvalue weighted by atomic mass is 10.1. The van der Waals surface area contributed by atoms with Gasteiger partial charge in [-0.15, -0.1) is 0 Å². The van der Waals surface area contributed by atoms with E-state index < -0.39 is 0 Å². The molecule has 1 aromatic carbocycles. The van der Waals surface area contributed by atoms with Crippen molar-refractivity contribution in [1.82, 2.24) is 9.78 Å². The molecule has 0 bridgehead atoms. The van der Waals surface area contributed by atoms with Crippen molar-refractivity contribution in [1.29, 1.82) is 0 Å². The fourth-order valence-corrected chi connectivity index (χ4v) is 1.75. The van der Waals surface area contributed by atoms with E-state index in [2.05, 4.69) is 10.3 Å². The molecule has 1 aromatic heterocycles. The predicted molar refractivity (Wildman–Crippen MR) is 59.6 cm³/mol. The molecule has 1 unspecified atom stereocenters. The topological polar surface area (TPSA) is 47.2 Å². The third-order valence-electron chi connectivity index (χ3n) is 2.54. The lowest BCUT2D eigenvalue weighted by molar-refractivity contribution is 0.647. The minimum absolute atomic E-state index is 0.386. The SMILES string of the molecule is CCn1nc(C(C)N=O)c2ccccc21. The first-order valence-electron chi connectivity index (χ1n) is 5.05. The van der Waals surface area contributed by atoms with Crippen LogP contribution in [-0.4, -0.2) is 9.78 Å². The van der Waals surface area contributed by atoms with Crippen LogP contribution in [0.15, 0.2) is 29.4 Å². The van der Waals surface area contributed by atoms with E-state index in [1.807, 2.05) is 35.9 Å². The normalized spacial score (nSPS) is 12.9. The molecule has 0 amide bonds. The fourth-order valence-electron chi connectivity index (χ4n) is 1.75. The molecule has 2 aromatic rings. The van der Waals surface area contributed by atoms with Crippen LogP contribution < -0.4 is 0 Å². The summed E-state index contributed by atoms with van der Waals surface area (Å²) in [4.78, 5) is 10.5. The van der Waals surface area contributed by atoms with Crippen LogP contribution in [0.3, 0.4) is 0 Å². The van der Waals surface area contributed by atoms with Crippen molar-refractivity contribution >= 4 is 10.9 Å². The molecule has 4 heteroatoms. The second kappa shape index (κ2) is 3.81. The van der Waals surface area contributed by atoms with Gasteiger partial charge in [-0.25, -0.2) is 0 Å². The number of fused-ring (bicyclic) bond motifs is 1. The van der Waals surface area contributed by atoms with E-state index in [9.17, 15) is 4.91 Å². The third kappa shape index (κ3) is 1.52. The number of para-hydroxylation sites is 1. The molecule has 0 N–H and O–H groups in total. The molecule has 4 nitrogen and oxygen atoms in total. The Labute approximate surface area is 87.9 Å². The van der Waals surface area contributed by atoms with Crippen LogP contribution >= 0.6 is 0 Å². The van der Waals surface area contributed by atoms with Gasteiger partial charge in [0.2, 0.25) is 0 Å². The summed E-state index contributed by atoms with van der Waals surface area (Å²) in [5.41, 5.74) is 1.83. The lowest BCUT2D eigenvalue weighted by Crippen LogP contribution is -1.97. The number of nitroso groups, excluding NO2 is 1. The highest BCUT2D eigenvalue weighted by Crippen LogP contribution is 2.25. The Morgan fingerprint density at radius 1 is 1.47 bits per heavy atom. The molecule has 0 spiro atoms. The minimum Gasteiger partial charge on any atom is -0.265 e. The molecule has 0 saturated heterocycles. The smallest absolute Gasteiger partial charge is 0.133 e. The lowest BCUT2D eigenvalue weighted by Gasteiger charge is -1.96. The summed E-state index contributed by atoms with van der Waals surface area (Å²) in [6.07, 6.45) is 0. The van der Waals surface area contributed by atoms with E-state index in [4.69, 9.17) is 0 Å². The Kier molecular flexibility index (Phi) is 2.49. The van der Waals surface area contributed by atoms with Crippen LogP contribution in [0.2, 0.25) is 0 Å². The fraction of sp³-hybridized carbons (Fsp3) is 0.364. The number of hydrogen-bond acceptors (Lipinski definition) is 3. The Morgan fingerprint density at radius 2 is 2.20 bits per heavy atom. The van der Waals surface area contributed by atoms with Crippen LogP contribution in [-0.2, 0) is 6.54 Å². The van der Waals surface area contributed by atoms with Crippen LogP contribution in [0.5, 0.6) is 0 Å². The Balaban J connectivity index is 2.70. The zero-order chi connectivity index (χ0) is 10.8. The average molecular weight is 203 g/mol. The quantitative estimate of drug-likeness (QED) is 0.720. The van der Waals surface area contributed by atoms with E-state index in [0.717, 1.165) is 23.1 Å². The maximum absolute atomic E-state index is 10.5. The van der Waals surface area contributed by atoms with Crippen molar-refractivity contribution in [3.05, 3.63) is 34.9 Å². The van der Waals surface area contributed by atoms with Gasteiger partial charge in [-0.2, -0.15) is 10.0 Å². The number of hydrogen-bond donors (Lipinski definition) is 0. The van der Waals surface area contributed by atoms with Crippen LogP contribution in [0.25, 0.3) is 10.9 Å². The standard InChI is InChI=1S/C11H13N3O/c1-3-14-10-7-5-4-6-9(10)11(12-14)8(2)13-15/h4-8H,3H2,1-2H3. The number of aryl methyl sites for hydroxylation is 1. The summed E-state index contributed by atoms with van der Waals surface area (Å²) < 4.78 is 1.90. The molecule has 0 aliphatic rings. The molecule has 0 aliphatic carbocycles. The van der Waals surface area contributed by atoms with E-state index >= 15 is 0 Å². The van der Waals surface area contributed by atoms with Crippen molar-refractivity contribution in [2.45, 2.75) is 26.4 Å². The number of benzene rings is 1. The minimum atomic E-state index is -0.386. The number of nitrogens with zero attached hydrogens (tertiary/aromatic N) is 3. The molecule has 0 radical (unpaired) electrons. The Morgan fingerprint density at radius 3 is 2.87 bits per heavy atom. The molecular formula is C11H13N3O. The summed E-state index contributed by atoms with van der Waals surface area (Å²) >= 11 is 0. The molecule has 0 aliphatic heterocycles. The first-order valence-corrected chi connectivity index (χ1v) is 5.05. The average Bonchev–Trinajstić information content (AvgIpc) is 2.67. The van der Waals surface area contributed by atoms with Gasteiger partial charge in [0, 0.05) is 11.9 Å². The highest BCUT2D eigenvalue weighted by molar-refractivity contribution is 5.82. The van der Waals surface area contributed by atoms with Gasteiger partial charge < -0.3 is 0 Å². The Bertz CT molecular complexity index is 490. The van der Waals surface area contributed by atoms with Crippen molar-refractivity contribution in [3.63, 3.8) is 0 Å². The van der Waals surface area contributed by atoms with Gasteiger partial charge in [0.1, 0.15) is 6.04 Å². The van der Waals surface area contributed by atoms with Gasteiger partial charge in [-0.05, 0) is 19.9 Å². The van der Waals surface area contributed by atoms with E-state index in [0.29, 0.717) is 0 Å². The third-order valence-corrected chi connectivity index (χ3v) is 2.54. The summed E-state index contributed by atoms with van der Waals surface area (Å²) in [6, 6.07) is 7.52. The van der Waals surface area contributed by atoms with Gasteiger partial charge in [-0.3, -0.25) is 4.68 Å². The highest BCUT2D eigenvalue weighted by atomic mass is 16.3. The summed E-state index contributed by atoms with van der Waals surface area (Å²) in [7, 11) is 0. The van der Waals surface area contributed by atoms with Gasteiger partial charge >= 0.3 is 0 Å². The van der Waals surface area contributed by atoms with Crippen molar-refractivity contribution < 1.29 is 0 Å². The Hall–Kier alpha value is -1.71. The first-order chi connectivity index (χ1) is 7.27. The zero-order valence-electron chi connectivity index (χ0n) is 8.84. The van der Waals surface area contributed by atoms with Gasteiger partial charge in [0.15, 0.2) is 0 Å². The second-order valence-corrected chi connectivity index (χ2v) is 3.50. The van der Waals surface area contributed by atoms with E-state index in [-0.39, 0.29) is 6.04 Å². The van der Waals surface area contributed by atoms with Crippen molar-refractivity contribution in [3.8, 4) is 0 Å². The van der Waals surface area contributed by atoms with Gasteiger partial charge in [-0.1, -0.05) is 23.4 Å². The summed E-state index contributed by atoms with van der Waals surface area (Å²) in [5, 5.41) is 8.45. The number of aromatic nitrogens is 2. The van der Waals surface area contributed by atoms with E-state index in [1.165, 1.54) is 0 Å². The molecular weight excluding hydrogens is 190 g/mol. The monoisotopic (exact) mass is 203 g/mol. The second-order valence-electron chi connectivity index (χ2n) is 3.50. The molecule has 0 saturated carbocycles. The highest BCUT2D eigenvalue weighted by Gasteiger charge is 2.15. The van der Waals surface area contributed by atoms with Crippen LogP contribution in [0.1, 0.15) is 25.6 Å². The molecule has 78 valence electrons. The first kappa shape index (κ1) is 9.83. The molecule has 1 heterocycles. The van der Waals surface area contributed by atoms with Crippen LogP contribution in [0.4, 0.5) is 0 Å². The molecule has 15 heavy (non-hydrogen) atoms. The largest absolute Gasteiger partial charge is 0.265 e. The molecule has 1 atom stereocenters. The summed E-state index contributed by atoms with van der Waals surface area (Å²) in [5.74, 6) is 0. The van der Waals surface area contributed by atoms with Gasteiger partial charge in [0.05, 0.1) is 11.2 Å². The van der Waals surface area contributed by atoms with E-state index in [1.54, 1.807) is 6.92 Å². The number of rotatable bonds is 3. The molecule has 2 rings (SSSR count). The maximum Gasteiger partial charge on any atom is 0.133 e. The van der Waals surface area contributed by atoms with Crippen molar-refractivity contribution in [2.75, 3.05) is 0 Å². The zero-order valence-corrected chi connectivity index (χ0v) is 8.84. The predicted octanol–water partition coefficient (Wildman–Crippen LogP) is 2.88. The molecule has 0 fully saturated rings. The van der Waals surface area contributed by atoms with Crippen molar-refractivity contribution in [2.24, 2.45) is 5.18 Å².